The SMILES string of the molecule is O=c1c2ccccc2nc(SCc2n[nH]c(=S)o2)n1Nc1ccccc1. The van der Waals surface area contributed by atoms with Gasteiger partial charge in [0.2, 0.25) is 5.89 Å². The molecule has 4 rings (SSSR count). The van der Waals surface area contributed by atoms with Crippen LogP contribution >= 0.6 is 24.0 Å². The average Bonchev–Trinajstić information content (AvgIpc) is 3.09. The van der Waals surface area contributed by atoms with Crippen LogP contribution in [-0.2, 0) is 5.75 Å². The van der Waals surface area contributed by atoms with Crippen LogP contribution in [0.3, 0.4) is 0 Å². The molecule has 0 bridgehead atoms. The van der Waals surface area contributed by atoms with E-state index in [0.717, 1.165) is 5.69 Å². The highest BCUT2D eigenvalue weighted by Gasteiger charge is 2.13. The molecule has 0 fully saturated rings. The Balaban J connectivity index is 1.76. The summed E-state index contributed by atoms with van der Waals surface area (Å²) >= 11 is 6.21. The number of aromatic amines is 1. The Morgan fingerprint density at radius 1 is 1.15 bits per heavy atom. The molecule has 0 spiro atoms. The molecule has 0 radical (unpaired) electrons. The predicted octanol–water partition coefficient (Wildman–Crippen LogP) is 3.61. The third kappa shape index (κ3) is 3.39. The Hall–Kier alpha value is -2.91. The Morgan fingerprint density at radius 2 is 1.92 bits per heavy atom. The van der Waals surface area contributed by atoms with Gasteiger partial charge in [-0.15, -0.1) is 5.10 Å². The molecule has 0 saturated heterocycles. The molecule has 9 heteroatoms. The Morgan fingerprint density at radius 3 is 2.69 bits per heavy atom. The Bertz CT molecular complexity index is 1170. The molecule has 26 heavy (non-hydrogen) atoms. The van der Waals surface area contributed by atoms with Crippen molar-refractivity contribution in [1.82, 2.24) is 19.9 Å². The van der Waals surface area contributed by atoms with Crippen molar-refractivity contribution in [2.45, 2.75) is 10.9 Å². The lowest BCUT2D eigenvalue weighted by Gasteiger charge is -2.14. The first-order valence-electron chi connectivity index (χ1n) is 7.72. The molecule has 0 aliphatic rings. The first kappa shape index (κ1) is 16.6. The first-order valence-corrected chi connectivity index (χ1v) is 9.11. The van der Waals surface area contributed by atoms with Crippen molar-refractivity contribution in [3.63, 3.8) is 0 Å². The van der Waals surface area contributed by atoms with Gasteiger partial charge in [-0.25, -0.2) is 10.1 Å². The molecule has 0 atom stereocenters. The average molecular weight is 383 g/mol. The van der Waals surface area contributed by atoms with E-state index in [0.29, 0.717) is 27.7 Å². The van der Waals surface area contributed by atoms with E-state index < -0.39 is 0 Å². The molecule has 7 nitrogen and oxygen atoms in total. The zero-order valence-electron chi connectivity index (χ0n) is 13.4. The summed E-state index contributed by atoms with van der Waals surface area (Å²) in [6.45, 7) is 0. The number of hydrogen-bond acceptors (Lipinski definition) is 7. The third-order valence-corrected chi connectivity index (χ3v) is 4.66. The molecule has 2 aromatic heterocycles. The zero-order chi connectivity index (χ0) is 17.9. The van der Waals surface area contributed by atoms with Gasteiger partial charge in [-0.3, -0.25) is 10.2 Å². The van der Waals surface area contributed by atoms with E-state index in [1.54, 1.807) is 6.07 Å². The van der Waals surface area contributed by atoms with Crippen molar-refractivity contribution in [2.24, 2.45) is 0 Å². The van der Waals surface area contributed by atoms with Gasteiger partial charge in [0.1, 0.15) is 0 Å². The van der Waals surface area contributed by atoms with Crippen molar-refractivity contribution in [2.75, 3.05) is 5.43 Å². The second kappa shape index (κ2) is 7.14. The van der Waals surface area contributed by atoms with Crippen LogP contribution in [0.4, 0.5) is 5.69 Å². The zero-order valence-corrected chi connectivity index (χ0v) is 15.0. The molecular formula is C17H13N5O2S2. The number of benzene rings is 2. The van der Waals surface area contributed by atoms with Gasteiger partial charge in [0, 0.05) is 0 Å². The van der Waals surface area contributed by atoms with Gasteiger partial charge in [-0.05, 0) is 36.5 Å². The minimum atomic E-state index is -0.176. The van der Waals surface area contributed by atoms with Crippen LogP contribution in [0.2, 0.25) is 0 Å². The second-order valence-electron chi connectivity index (χ2n) is 5.33. The summed E-state index contributed by atoms with van der Waals surface area (Å²) in [6.07, 6.45) is 0. The van der Waals surface area contributed by atoms with Gasteiger partial charge in [-0.1, -0.05) is 42.1 Å². The monoisotopic (exact) mass is 383 g/mol. The van der Waals surface area contributed by atoms with Gasteiger partial charge < -0.3 is 4.42 Å². The number of hydrogen-bond donors (Lipinski definition) is 2. The summed E-state index contributed by atoms with van der Waals surface area (Å²) in [6, 6.07) is 16.7. The normalized spacial score (nSPS) is 10.9. The Labute approximate surface area is 157 Å². The van der Waals surface area contributed by atoms with E-state index in [2.05, 4.69) is 20.6 Å². The number of H-pyrrole nitrogens is 1. The lowest BCUT2D eigenvalue weighted by Crippen LogP contribution is -2.29. The molecule has 0 amide bonds. The van der Waals surface area contributed by atoms with E-state index >= 15 is 0 Å². The minimum absolute atomic E-state index is 0.176. The number of para-hydroxylation sites is 2. The van der Waals surface area contributed by atoms with Crippen molar-refractivity contribution < 1.29 is 4.42 Å². The molecule has 0 aliphatic carbocycles. The summed E-state index contributed by atoms with van der Waals surface area (Å²) in [7, 11) is 0. The number of anilines is 1. The summed E-state index contributed by atoms with van der Waals surface area (Å²) in [5.41, 5.74) is 4.36. The summed E-state index contributed by atoms with van der Waals surface area (Å²) < 4.78 is 6.71. The maximum absolute atomic E-state index is 13.0. The van der Waals surface area contributed by atoms with Crippen molar-refractivity contribution in [3.8, 4) is 0 Å². The molecule has 0 unspecified atom stereocenters. The number of aromatic nitrogens is 4. The van der Waals surface area contributed by atoms with Crippen LogP contribution in [0, 0.1) is 4.84 Å². The van der Waals surface area contributed by atoms with Crippen molar-refractivity contribution in [3.05, 3.63) is 75.7 Å². The van der Waals surface area contributed by atoms with E-state index in [9.17, 15) is 4.79 Å². The maximum atomic E-state index is 13.0. The number of nitrogens with zero attached hydrogens (tertiary/aromatic N) is 3. The van der Waals surface area contributed by atoms with Crippen LogP contribution in [0.5, 0.6) is 0 Å². The number of rotatable bonds is 5. The minimum Gasteiger partial charge on any atom is -0.413 e. The lowest BCUT2D eigenvalue weighted by molar-refractivity contribution is 0.500. The molecule has 0 saturated carbocycles. The van der Waals surface area contributed by atoms with Crippen LogP contribution in [-0.4, -0.2) is 19.9 Å². The molecule has 2 aromatic carbocycles. The van der Waals surface area contributed by atoms with Gasteiger partial charge in [0.05, 0.1) is 22.3 Å². The number of nitrogens with one attached hydrogen (secondary N) is 2. The van der Waals surface area contributed by atoms with Gasteiger partial charge in [-0.2, -0.15) is 4.68 Å². The van der Waals surface area contributed by atoms with Crippen LogP contribution in [0.25, 0.3) is 10.9 Å². The number of fused-ring (bicyclic) bond motifs is 1. The summed E-state index contributed by atoms with van der Waals surface area (Å²) in [5.74, 6) is 0.822. The highest BCUT2D eigenvalue weighted by atomic mass is 32.2. The van der Waals surface area contributed by atoms with E-state index in [4.69, 9.17) is 16.6 Å². The molecule has 2 heterocycles. The standard InChI is InChI=1S/C17H13N5O2S2/c23-15-12-8-4-5-9-13(12)18-16(26-10-14-19-20-17(25)24-14)22(15)21-11-6-2-1-3-7-11/h1-9,21H,10H2,(H,20,25). The highest BCUT2D eigenvalue weighted by molar-refractivity contribution is 7.98. The molecule has 2 N–H and O–H groups in total. The highest BCUT2D eigenvalue weighted by Crippen LogP contribution is 2.21. The largest absolute Gasteiger partial charge is 0.413 e. The smallest absolute Gasteiger partial charge is 0.284 e. The third-order valence-electron chi connectivity index (χ3n) is 3.57. The second-order valence-corrected chi connectivity index (χ2v) is 6.64. The summed E-state index contributed by atoms with van der Waals surface area (Å²) in [4.78, 5) is 17.8. The van der Waals surface area contributed by atoms with Gasteiger partial charge in [0.25, 0.3) is 10.4 Å². The van der Waals surface area contributed by atoms with Crippen LogP contribution in [0.1, 0.15) is 5.89 Å². The summed E-state index contributed by atoms with van der Waals surface area (Å²) in [5, 5.41) is 7.60. The van der Waals surface area contributed by atoms with Crippen LogP contribution in [0.15, 0.2) is 69.0 Å². The lowest BCUT2D eigenvalue weighted by atomic mass is 10.2. The van der Waals surface area contributed by atoms with Crippen molar-refractivity contribution >= 4 is 40.6 Å². The molecule has 130 valence electrons. The molecule has 4 aromatic rings. The Kier molecular flexibility index (Phi) is 4.55. The fourth-order valence-electron chi connectivity index (χ4n) is 2.40. The fraction of sp³-hybridized carbons (Fsp3) is 0.0588. The number of thioether (sulfide) groups is 1. The molecular weight excluding hydrogens is 370 g/mol. The van der Waals surface area contributed by atoms with Gasteiger partial charge in [0.15, 0.2) is 5.16 Å². The van der Waals surface area contributed by atoms with Gasteiger partial charge >= 0.3 is 0 Å². The van der Waals surface area contributed by atoms with E-state index in [1.807, 2.05) is 48.5 Å². The van der Waals surface area contributed by atoms with E-state index in [-0.39, 0.29) is 10.4 Å². The fourth-order valence-corrected chi connectivity index (χ4v) is 3.34. The predicted molar refractivity (Wildman–Crippen MR) is 103 cm³/mol. The topological polar surface area (TPSA) is 88.7 Å². The molecule has 0 aliphatic heterocycles. The quantitative estimate of drug-likeness (QED) is 0.309. The van der Waals surface area contributed by atoms with Crippen molar-refractivity contribution in [1.29, 1.82) is 0 Å². The van der Waals surface area contributed by atoms with E-state index in [1.165, 1.54) is 16.4 Å². The maximum Gasteiger partial charge on any atom is 0.284 e. The van der Waals surface area contributed by atoms with Crippen LogP contribution < -0.4 is 11.0 Å². The first-order chi connectivity index (χ1) is 12.7.